The van der Waals surface area contributed by atoms with Crippen molar-refractivity contribution in [1.82, 2.24) is 10.1 Å². The summed E-state index contributed by atoms with van der Waals surface area (Å²) in [6, 6.07) is 11.8. The van der Waals surface area contributed by atoms with Crippen LogP contribution in [-0.4, -0.2) is 30.3 Å². The van der Waals surface area contributed by atoms with Gasteiger partial charge in [-0.05, 0) is 42.5 Å². The fourth-order valence-corrected chi connectivity index (χ4v) is 2.33. The van der Waals surface area contributed by atoms with E-state index in [-0.39, 0.29) is 6.61 Å². The third-order valence-electron chi connectivity index (χ3n) is 3.51. The summed E-state index contributed by atoms with van der Waals surface area (Å²) in [6.45, 7) is 0.0501. The van der Waals surface area contributed by atoms with Crippen LogP contribution in [0, 0.1) is 0 Å². The Hall–Kier alpha value is -3.06. The van der Waals surface area contributed by atoms with Crippen LogP contribution in [-0.2, 0) is 11.3 Å². The zero-order chi connectivity index (χ0) is 18.5. The summed E-state index contributed by atoms with van der Waals surface area (Å²) in [7, 11) is 2.79. The quantitative estimate of drug-likeness (QED) is 0.607. The van der Waals surface area contributed by atoms with Crippen molar-refractivity contribution in [3.63, 3.8) is 0 Å². The van der Waals surface area contributed by atoms with E-state index >= 15 is 0 Å². The maximum atomic E-state index is 11.6. The van der Waals surface area contributed by atoms with Gasteiger partial charge >= 0.3 is 5.97 Å². The Kier molecular flexibility index (Phi) is 5.38. The minimum Gasteiger partial charge on any atom is -0.493 e. The van der Waals surface area contributed by atoms with Crippen molar-refractivity contribution in [2.75, 3.05) is 14.2 Å². The Bertz CT molecular complexity index is 908. The van der Waals surface area contributed by atoms with Crippen molar-refractivity contribution in [2.24, 2.45) is 0 Å². The van der Waals surface area contributed by atoms with E-state index in [1.165, 1.54) is 20.3 Å². The number of rotatable bonds is 6. The molecule has 0 saturated heterocycles. The van der Waals surface area contributed by atoms with E-state index in [0.717, 1.165) is 5.56 Å². The van der Waals surface area contributed by atoms with Crippen LogP contribution in [0.1, 0.15) is 16.2 Å². The third-order valence-corrected chi connectivity index (χ3v) is 3.76. The average molecular weight is 375 g/mol. The van der Waals surface area contributed by atoms with Crippen LogP contribution < -0.4 is 9.47 Å². The van der Waals surface area contributed by atoms with Gasteiger partial charge in [0.05, 0.1) is 19.8 Å². The number of carbonyl (C=O) groups excluding carboxylic acids is 1. The number of esters is 1. The first-order valence-corrected chi connectivity index (χ1v) is 7.96. The highest BCUT2D eigenvalue weighted by atomic mass is 35.5. The number of halogens is 1. The van der Waals surface area contributed by atoms with Gasteiger partial charge < -0.3 is 18.7 Å². The molecule has 0 N–H and O–H groups in total. The fraction of sp³-hybridized carbons (Fsp3) is 0.167. The second-order valence-electron chi connectivity index (χ2n) is 5.16. The third kappa shape index (κ3) is 3.94. The number of carbonyl (C=O) groups is 1. The number of nitrogens with zero attached hydrogens (tertiary/aromatic N) is 2. The molecule has 0 aliphatic rings. The van der Waals surface area contributed by atoms with E-state index in [2.05, 4.69) is 14.9 Å². The highest BCUT2D eigenvalue weighted by Gasteiger charge is 2.14. The summed E-state index contributed by atoms with van der Waals surface area (Å²) < 4.78 is 20.8. The molecular formula is C18H15ClN2O5. The van der Waals surface area contributed by atoms with Crippen molar-refractivity contribution < 1.29 is 23.5 Å². The van der Waals surface area contributed by atoms with Gasteiger partial charge in [0.15, 0.2) is 18.1 Å². The number of ether oxygens (including phenoxy) is 3. The van der Waals surface area contributed by atoms with Gasteiger partial charge in [-0.2, -0.15) is 4.98 Å². The Morgan fingerprint density at radius 3 is 2.58 bits per heavy atom. The molecule has 2 aromatic carbocycles. The van der Waals surface area contributed by atoms with Crippen molar-refractivity contribution in [2.45, 2.75) is 6.61 Å². The molecule has 8 heteroatoms. The lowest BCUT2D eigenvalue weighted by molar-refractivity contribution is 0.0600. The molecule has 1 heterocycles. The Morgan fingerprint density at radius 2 is 1.88 bits per heavy atom. The van der Waals surface area contributed by atoms with Gasteiger partial charge in [-0.3, -0.25) is 0 Å². The summed E-state index contributed by atoms with van der Waals surface area (Å²) in [4.78, 5) is 15.8. The molecular weight excluding hydrogens is 360 g/mol. The van der Waals surface area contributed by atoms with Gasteiger partial charge in [0.25, 0.3) is 5.89 Å². The summed E-state index contributed by atoms with van der Waals surface area (Å²) in [6.07, 6.45) is 0. The summed E-state index contributed by atoms with van der Waals surface area (Å²) in [5.41, 5.74) is 1.14. The minimum atomic E-state index is -0.459. The van der Waals surface area contributed by atoms with Crippen molar-refractivity contribution >= 4 is 17.6 Å². The van der Waals surface area contributed by atoms with Crippen LogP contribution in [0.3, 0.4) is 0 Å². The first-order valence-electron chi connectivity index (χ1n) is 7.58. The molecule has 0 saturated carbocycles. The van der Waals surface area contributed by atoms with Crippen LogP contribution in [0.5, 0.6) is 11.5 Å². The van der Waals surface area contributed by atoms with Crippen LogP contribution in [0.2, 0.25) is 5.02 Å². The van der Waals surface area contributed by atoms with Crippen LogP contribution in [0.4, 0.5) is 0 Å². The zero-order valence-electron chi connectivity index (χ0n) is 14.1. The van der Waals surface area contributed by atoms with Crippen LogP contribution >= 0.6 is 11.6 Å². The van der Waals surface area contributed by atoms with Crippen molar-refractivity contribution in [1.29, 1.82) is 0 Å². The lowest BCUT2D eigenvalue weighted by Gasteiger charge is -2.10. The van der Waals surface area contributed by atoms with Gasteiger partial charge in [0.1, 0.15) is 0 Å². The van der Waals surface area contributed by atoms with Gasteiger partial charge in [-0.25, -0.2) is 4.79 Å². The highest BCUT2D eigenvalue weighted by molar-refractivity contribution is 6.30. The molecule has 134 valence electrons. The Labute approximate surface area is 154 Å². The maximum absolute atomic E-state index is 11.6. The number of hydrogen-bond acceptors (Lipinski definition) is 7. The topological polar surface area (TPSA) is 83.7 Å². The van der Waals surface area contributed by atoms with Gasteiger partial charge in [-0.15, -0.1) is 0 Å². The molecule has 0 fully saturated rings. The van der Waals surface area contributed by atoms with Crippen LogP contribution in [0.25, 0.3) is 11.4 Å². The monoisotopic (exact) mass is 374 g/mol. The first kappa shape index (κ1) is 17.8. The molecule has 0 radical (unpaired) electrons. The lowest BCUT2D eigenvalue weighted by Crippen LogP contribution is -2.03. The second-order valence-corrected chi connectivity index (χ2v) is 5.60. The molecule has 26 heavy (non-hydrogen) atoms. The van der Waals surface area contributed by atoms with E-state index in [9.17, 15) is 4.79 Å². The average Bonchev–Trinajstić information content (AvgIpc) is 3.15. The zero-order valence-corrected chi connectivity index (χ0v) is 14.8. The lowest BCUT2D eigenvalue weighted by atomic mass is 10.2. The molecule has 0 atom stereocenters. The molecule has 0 bridgehead atoms. The molecule has 3 rings (SSSR count). The van der Waals surface area contributed by atoms with Crippen LogP contribution in [0.15, 0.2) is 47.0 Å². The predicted molar refractivity (Wildman–Crippen MR) is 93.4 cm³/mol. The first-order chi connectivity index (χ1) is 12.6. The van der Waals surface area contributed by atoms with E-state index < -0.39 is 5.97 Å². The van der Waals surface area contributed by atoms with Gasteiger partial charge in [0, 0.05) is 10.6 Å². The summed E-state index contributed by atoms with van der Waals surface area (Å²) >= 11 is 5.87. The Balaban J connectivity index is 1.71. The normalized spacial score (nSPS) is 10.4. The van der Waals surface area contributed by atoms with E-state index in [1.807, 2.05) is 0 Å². The van der Waals surface area contributed by atoms with E-state index in [4.69, 9.17) is 25.6 Å². The number of hydrogen-bond donors (Lipinski definition) is 0. The molecule has 7 nitrogen and oxygen atoms in total. The second kappa shape index (κ2) is 7.88. The summed E-state index contributed by atoms with van der Waals surface area (Å²) in [5.74, 6) is 1.11. The van der Waals surface area contributed by atoms with Gasteiger partial charge in [-0.1, -0.05) is 16.8 Å². The number of benzene rings is 2. The molecule has 3 aromatic rings. The predicted octanol–water partition coefficient (Wildman–Crippen LogP) is 3.76. The van der Waals surface area contributed by atoms with Crippen molar-refractivity contribution in [3.05, 3.63) is 58.9 Å². The molecule has 0 unspecified atom stereocenters. The molecule has 0 amide bonds. The molecule has 1 aromatic heterocycles. The largest absolute Gasteiger partial charge is 0.493 e. The van der Waals surface area contributed by atoms with E-state index in [1.54, 1.807) is 36.4 Å². The number of methoxy groups -OCH3 is 2. The van der Waals surface area contributed by atoms with Crippen molar-refractivity contribution in [3.8, 4) is 22.9 Å². The Morgan fingerprint density at radius 1 is 1.12 bits per heavy atom. The van der Waals surface area contributed by atoms with E-state index in [0.29, 0.717) is 33.8 Å². The number of aromatic nitrogens is 2. The molecule has 0 spiro atoms. The smallest absolute Gasteiger partial charge is 0.337 e. The minimum absolute atomic E-state index is 0.0501. The molecule has 0 aliphatic carbocycles. The van der Waals surface area contributed by atoms with Gasteiger partial charge in [0.2, 0.25) is 5.82 Å². The SMILES string of the molecule is COC(=O)c1ccc(OCc2nc(-c3ccc(Cl)cc3)no2)c(OC)c1. The summed E-state index contributed by atoms with van der Waals surface area (Å²) in [5, 5.41) is 4.55. The molecule has 0 aliphatic heterocycles. The fourth-order valence-electron chi connectivity index (χ4n) is 2.20. The maximum Gasteiger partial charge on any atom is 0.337 e. The highest BCUT2D eigenvalue weighted by Crippen LogP contribution is 2.29. The standard InChI is InChI=1S/C18H15ClN2O5/c1-23-15-9-12(18(22)24-2)5-8-14(15)25-10-16-20-17(21-26-16)11-3-6-13(19)7-4-11/h3-9H,10H2,1-2H3.